The second-order valence-electron chi connectivity index (χ2n) is 6.85. The van der Waals surface area contributed by atoms with E-state index >= 15 is 0 Å². The van der Waals surface area contributed by atoms with Gasteiger partial charge in [0.25, 0.3) is 0 Å². The molecule has 0 heterocycles. The molecule has 0 spiro atoms. The van der Waals surface area contributed by atoms with Crippen molar-refractivity contribution in [3.8, 4) is 5.75 Å². The standard InChI is InChI=1S/C17H23FO4S/c18-15-5-4-14(10-16(15)22-11-13-2-3-13)17(6-7-17)12-23(20,21)9-1-8-19/h4-5,10,13,19H,1-3,6-9,11-12H2. The maximum Gasteiger partial charge on any atom is 0.165 e. The first-order valence-electron chi connectivity index (χ1n) is 8.18. The molecule has 0 saturated heterocycles. The molecule has 2 fully saturated rings. The predicted octanol–water partition coefficient (Wildman–Crippen LogP) is 2.44. The van der Waals surface area contributed by atoms with E-state index in [1.807, 2.05) is 0 Å². The zero-order valence-electron chi connectivity index (χ0n) is 13.1. The van der Waals surface area contributed by atoms with Gasteiger partial charge in [0.05, 0.1) is 18.1 Å². The first-order valence-corrected chi connectivity index (χ1v) is 10.0. The molecule has 4 nitrogen and oxygen atoms in total. The minimum atomic E-state index is -3.22. The van der Waals surface area contributed by atoms with E-state index in [4.69, 9.17) is 9.84 Å². The molecule has 2 saturated carbocycles. The second kappa shape index (κ2) is 6.40. The summed E-state index contributed by atoms with van der Waals surface area (Å²) in [4.78, 5) is 0. The molecule has 0 atom stereocenters. The van der Waals surface area contributed by atoms with Crippen molar-refractivity contribution < 1.29 is 22.7 Å². The molecule has 0 radical (unpaired) electrons. The fourth-order valence-corrected chi connectivity index (χ4v) is 4.89. The van der Waals surface area contributed by atoms with Crippen molar-refractivity contribution in [3.63, 3.8) is 0 Å². The van der Waals surface area contributed by atoms with Crippen LogP contribution in [0.25, 0.3) is 0 Å². The normalized spacial score (nSPS) is 19.6. The maximum atomic E-state index is 13.9. The molecular formula is C17H23FO4S. The van der Waals surface area contributed by atoms with Crippen LogP contribution in [-0.2, 0) is 15.3 Å². The van der Waals surface area contributed by atoms with Gasteiger partial charge in [0, 0.05) is 12.0 Å². The number of aliphatic hydroxyl groups is 1. The lowest BCUT2D eigenvalue weighted by Crippen LogP contribution is -2.23. The van der Waals surface area contributed by atoms with Gasteiger partial charge in [-0.05, 0) is 55.7 Å². The fraction of sp³-hybridized carbons (Fsp3) is 0.647. The van der Waals surface area contributed by atoms with Gasteiger partial charge in [-0.3, -0.25) is 0 Å². The first-order chi connectivity index (χ1) is 10.9. The van der Waals surface area contributed by atoms with E-state index < -0.39 is 21.1 Å². The van der Waals surface area contributed by atoms with E-state index in [0.29, 0.717) is 12.5 Å². The van der Waals surface area contributed by atoms with Gasteiger partial charge in [-0.25, -0.2) is 12.8 Å². The summed E-state index contributed by atoms with van der Waals surface area (Å²) in [5.74, 6) is 0.430. The quantitative estimate of drug-likeness (QED) is 0.749. The summed E-state index contributed by atoms with van der Waals surface area (Å²) < 4.78 is 43.8. The molecule has 1 aromatic rings. The lowest BCUT2D eigenvalue weighted by molar-refractivity contribution is 0.285. The van der Waals surface area contributed by atoms with Crippen molar-refractivity contribution >= 4 is 9.84 Å². The lowest BCUT2D eigenvalue weighted by Gasteiger charge is -2.17. The van der Waals surface area contributed by atoms with Gasteiger partial charge in [-0.15, -0.1) is 0 Å². The van der Waals surface area contributed by atoms with E-state index in [0.717, 1.165) is 31.2 Å². The number of ether oxygens (including phenoxy) is 1. The highest BCUT2D eigenvalue weighted by Crippen LogP contribution is 2.50. The Hall–Kier alpha value is -1.14. The Balaban J connectivity index is 1.73. The van der Waals surface area contributed by atoms with Crippen LogP contribution in [0.3, 0.4) is 0 Å². The average Bonchev–Trinajstić information content (AvgIpc) is 3.40. The van der Waals surface area contributed by atoms with Crippen molar-refractivity contribution in [2.24, 2.45) is 5.92 Å². The lowest BCUT2D eigenvalue weighted by atomic mass is 9.98. The molecule has 0 amide bonds. The highest BCUT2D eigenvalue weighted by Gasteiger charge is 2.47. The third-order valence-electron chi connectivity index (χ3n) is 4.68. The van der Waals surface area contributed by atoms with Crippen LogP contribution >= 0.6 is 0 Å². The molecule has 23 heavy (non-hydrogen) atoms. The number of sulfone groups is 1. The van der Waals surface area contributed by atoms with E-state index in [1.165, 1.54) is 6.07 Å². The van der Waals surface area contributed by atoms with E-state index in [-0.39, 0.29) is 30.3 Å². The molecule has 0 aliphatic heterocycles. The summed E-state index contributed by atoms with van der Waals surface area (Å²) in [5.41, 5.74) is 0.442. The van der Waals surface area contributed by atoms with Crippen LogP contribution in [0.1, 0.15) is 37.7 Å². The first kappa shape index (κ1) is 16.7. The Bertz CT molecular complexity index is 663. The topological polar surface area (TPSA) is 63.6 Å². The number of hydrogen-bond acceptors (Lipinski definition) is 4. The van der Waals surface area contributed by atoms with E-state index in [1.54, 1.807) is 12.1 Å². The van der Waals surface area contributed by atoms with Crippen molar-refractivity contribution in [1.29, 1.82) is 0 Å². The van der Waals surface area contributed by atoms with Gasteiger partial charge in [0.15, 0.2) is 21.4 Å². The Labute approximate surface area is 136 Å². The van der Waals surface area contributed by atoms with Crippen LogP contribution in [0.2, 0.25) is 0 Å². The number of rotatable bonds is 9. The second-order valence-corrected chi connectivity index (χ2v) is 9.03. The number of benzene rings is 1. The average molecular weight is 342 g/mol. The molecule has 0 bridgehead atoms. The van der Waals surface area contributed by atoms with E-state index in [2.05, 4.69) is 0 Å². The maximum absolute atomic E-state index is 13.9. The molecule has 2 aliphatic rings. The summed E-state index contributed by atoms with van der Waals surface area (Å²) in [6.45, 7) is 0.407. The zero-order chi connectivity index (χ0) is 16.5. The largest absolute Gasteiger partial charge is 0.490 e. The highest BCUT2D eigenvalue weighted by atomic mass is 32.2. The monoisotopic (exact) mass is 342 g/mol. The van der Waals surface area contributed by atoms with Gasteiger partial charge in [-0.1, -0.05) is 6.07 Å². The van der Waals surface area contributed by atoms with Gasteiger partial charge >= 0.3 is 0 Å². The summed E-state index contributed by atoms with van der Waals surface area (Å²) in [7, 11) is -3.22. The smallest absolute Gasteiger partial charge is 0.165 e. The third kappa shape index (κ3) is 4.23. The van der Waals surface area contributed by atoms with Gasteiger partial charge < -0.3 is 9.84 Å². The summed E-state index contributed by atoms with van der Waals surface area (Å²) >= 11 is 0. The summed E-state index contributed by atoms with van der Waals surface area (Å²) in [5, 5.41) is 8.81. The summed E-state index contributed by atoms with van der Waals surface area (Å²) in [6, 6.07) is 4.72. The van der Waals surface area contributed by atoms with Crippen LogP contribution < -0.4 is 4.74 Å². The minimum Gasteiger partial charge on any atom is -0.490 e. The molecule has 2 aliphatic carbocycles. The molecule has 0 aromatic heterocycles. The predicted molar refractivity (Wildman–Crippen MR) is 85.9 cm³/mol. The molecule has 128 valence electrons. The van der Waals surface area contributed by atoms with Crippen LogP contribution in [0.15, 0.2) is 18.2 Å². The van der Waals surface area contributed by atoms with Gasteiger partial charge in [0.1, 0.15) is 0 Å². The molecular weight excluding hydrogens is 319 g/mol. The Morgan fingerprint density at radius 3 is 2.65 bits per heavy atom. The fourth-order valence-electron chi connectivity index (χ4n) is 2.88. The Kier molecular flexibility index (Phi) is 4.65. The third-order valence-corrected chi connectivity index (χ3v) is 6.58. The van der Waals surface area contributed by atoms with Crippen molar-refractivity contribution in [1.82, 2.24) is 0 Å². The molecule has 1 N–H and O–H groups in total. The van der Waals surface area contributed by atoms with Crippen LogP contribution in [-0.4, -0.2) is 38.2 Å². The van der Waals surface area contributed by atoms with Crippen LogP contribution in [0.4, 0.5) is 4.39 Å². The van der Waals surface area contributed by atoms with Crippen molar-refractivity contribution in [2.75, 3.05) is 24.7 Å². The van der Waals surface area contributed by atoms with Crippen molar-refractivity contribution in [3.05, 3.63) is 29.6 Å². The van der Waals surface area contributed by atoms with Crippen LogP contribution in [0, 0.1) is 11.7 Å². The Morgan fingerprint density at radius 1 is 1.30 bits per heavy atom. The van der Waals surface area contributed by atoms with Gasteiger partial charge in [0.2, 0.25) is 0 Å². The SMILES string of the molecule is O=S(=O)(CCCO)CC1(c2ccc(F)c(OCC3CC3)c2)CC1. The highest BCUT2D eigenvalue weighted by molar-refractivity contribution is 7.91. The number of aliphatic hydroxyl groups excluding tert-OH is 1. The number of hydrogen-bond donors (Lipinski definition) is 1. The molecule has 0 unspecified atom stereocenters. The van der Waals surface area contributed by atoms with Gasteiger partial charge in [-0.2, -0.15) is 0 Å². The van der Waals surface area contributed by atoms with Crippen LogP contribution in [0.5, 0.6) is 5.75 Å². The van der Waals surface area contributed by atoms with E-state index in [9.17, 15) is 12.8 Å². The minimum absolute atomic E-state index is 0.00250. The molecule has 3 rings (SSSR count). The number of halogens is 1. The zero-order valence-corrected chi connectivity index (χ0v) is 13.9. The molecule has 6 heteroatoms. The Morgan fingerprint density at radius 2 is 2.04 bits per heavy atom. The molecule has 1 aromatic carbocycles. The van der Waals surface area contributed by atoms with Crippen molar-refractivity contribution in [2.45, 2.75) is 37.5 Å². The summed E-state index contributed by atoms with van der Waals surface area (Å²) in [6.07, 6.45) is 4.11.